The van der Waals surface area contributed by atoms with Crippen LogP contribution in [-0.4, -0.2) is 26.2 Å². The predicted octanol–water partition coefficient (Wildman–Crippen LogP) is 2.47. The van der Waals surface area contributed by atoms with E-state index in [1.807, 2.05) is 16.8 Å². The Morgan fingerprint density at radius 3 is 3.10 bits per heavy atom. The lowest BCUT2D eigenvalue weighted by Gasteiger charge is -2.02. The quantitative estimate of drug-likeness (QED) is 0.773. The Balaban J connectivity index is 1.68. The number of nitrogens with zero attached hydrogens (tertiary/aromatic N) is 3. The van der Waals surface area contributed by atoms with Gasteiger partial charge < -0.3 is 14.4 Å². The van der Waals surface area contributed by atoms with E-state index < -0.39 is 5.97 Å². The van der Waals surface area contributed by atoms with Crippen molar-refractivity contribution in [2.45, 2.75) is 6.61 Å². The largest absolute Gasteiger partial charge is 0.484 e. The Morgan fingerprint density at radius 2 is 2.33 bits per heavy atom. The molecule has 0 unspecified atom stereocenters. The molecule has 0 aromatic carbocycles. The van der Waals surface area contributed by atoms with E-state index >= 15 is 0 Å². The molecule has 0 saturated heterocycles. The maximum absolute atomic E-state index is 10.8. The molecule has 0 aliphatic heterocycles. The number of carboxylic acid groups (broad SMARTS) is 1. The summed E-state index contributed by atoms with van der Waals surface area (Å²) in [6.07, 6.45) is 2.67. The van der Waals surface area contributed by atoms with E-state index in [9.17, 15) is 4.79 Å². The van der Waals surface area contributed by atoms with E-state index in [2.05, 4.69) is 15.1 Å². The van der Waals surface area contributed by atoms with E-state index in [-0.39, 0.29) is 12.2 Å². The van der Waals surface area contributed by atoms with Gasteiger partial charge in [-0.1, -0.05) is 5.16 Å². The first-order valence-electron chi connectivity index (χ1n) is 5.88. The zero-order valence-electron chi connectivity index (χ0n) is 10.6. The molecule has 0 amide bonds. The third-order valence-corrected chi connectivity index (χ3v) is 3.25. The number of carboxylic acids is 1. The zero-order valence-corrected chi connectivity index (χ0v) is 11.4. The number of hydrogen-bond donors (Lipinski definition) is 1. The highest BCUT2D eigenvalue weighted by Crippen LogP contribution is 2.20. The molecule has 7 nitrogen and oxygen atoms in total. The van der Waals surface area contributed by atoms with Crippen molar-refractivity contribution < 1.29 is 19.2 Å². The molecule has 3 aromatic rings. The smallest absolute Gasteiger partial charge is 0.337 e. The Kier molecular flexibility index (Phi) is 3.61. The SMILES string of the molecule is O=C(O)c1cncc(OCc2noc(-c3ccsc3)n2)c1. The van der Waals surface area contributed by atoms with Gasteiger partial charge in [0.2, 0.25) is 5.82 Å². The number of ether oxygens (including phenoxy) is 1. The molecule has 0 bridgehead atoms. The Hall–Kier alpha value is -2.74. The van der Waals surface area contributed by atoms with E-state index in [4.69, 9.17) is 14.4 Å². The number of pyridine rings is 1. The van der Waals surface area contributed by atoms with Gasteiger partial charge in [-0.2, -0.15) is 16.3 Å². The predicted molar refractivity (Wildman–Crippen MR) is 73.1 cm³/mol. The lowest BCUT2D eigenvalue weighted by Crippen LogP contribution is -2.01. The molecule has 0 aliphatic carbocycles. The fourth-order valence-corrected chi connectivity index (χ4v) is 2.21. The lowest BCUT2D eigenvalue weighted by molar-refractivity contribution is 0.0696. The molecule has 0 saturated carbocycles. The van der Waals surface area contributed by atoms with Gasteiger partial charge in [-0.3, -0.25) is 4.98 Å². The Labute approximate surface area is 122 Å². The number of hydrogen-bond acceptors (Lipinski definition) is 7. The van der Waals surface area contributed by atoms with Gasteiger partial charge in [-0.15, -0.1) is 0 Å². The third kappa shape index (κ3) is 3.06. The summed E-state index contributed by atoms with van der Waals surface area (Å²) in [5.41, 5.74) is 0.910. The van der Waals surface area contributed by atoms with Crippen molar-refractivity contribution in [3.8, 4) is 17.2 Å². The van der Waals surface area contributed by atoms with Crippen molar-refractivity contribution in [1.29, 1.82) is 0 Å². The molecule has 3 aromatic heterocycles. The Morgan fingerprint density at radius 1 is 1.43 bits per heavy atom. The molecule has 1 N–H and O–H groups in total. The van der Waals surface area contributed by atoms with Gasteiger partial charge in [0.25, 0.3) is 5.89 Å². The van der Waals surface area contributed by atoms with Crippen LogP contribution in [0.3, 0.4) is 0 Å². The molecular formula is C13H9N3O4S. The summed E-state index contributed by atoms with van der Waals surface area (Å²) >= 11 is 1.54. The van der Waals surface area contributed by atoms with Gasteiger partial charge in [0.05, 0.1) is 17.3 Å². The van der Waals surface area contributed by atoms with Crippen LogP contribution in [0, 0.1) is 0 Å². The molecule has 21 heavy (non-hydrogen) atoms. The van der Waals surface area contributed by atoms with Crippen molar-refractivity contribution in [2.75, 3.05) is 0 Å². The second kappa shape index (κ2) is 5.71. The van der Waals surface area contributed by atoms with Crippen LogP contribution in [0.4, 0.5) is 0 Å². The molecular weight excluding hydrogens is 294 g/mol. The lowest BCUT2D eigenvalue weighted by atomic mass is 10.3. The minimum Gasteiger partial charge on any atom is -0.484 e. The van der Waals surface area contributed by atoms with Gasteiger partial charge in [0.15, 0.2) is 6.61 Å². The standard InChI is InChI=1S/C13H9N3O4S/c17-13(18)9-3-10(5-14-4-9)19-6-11-15-12(20-16-11)8-1-2-21-7-8/h1-5,7H,6H2,(H,17,18). The highest BCUT2D eigenvalue weighted by molar-refractivity contribution is 7.08. The number of rotatable bonds is 5. The second-order valence-corrected chi connectivity index (χ2v) is 4.81. The van der Waals surface area contributed by atoms with Crippen molar-refractivity contribution >= 4 is 17.3 Å². The summed E-state index contributed by atoms with van der Waals surface area (Å²) in [4.78, 5) is 18.8. The fourth-order valence-electron chi connectivity index (χ4n) is 1.58. The van der Waals surface area contributed by atoms with E-state index in [0.29, 0.717) is 17.5 Å². The van der Waals surface area contributed by atoms with E-state index in [1.54, 1.807) is 0 Å². The third-order valence-electron chi connectivity index (χ3n) is 2.56. The summed E-state index contributed by atoms with van der Waals surface area (Å²) in [6, 6.07) is 3.26. The highest BCUT2D eigenvalue weighted by Gasteiger charge is 2.10. The first kappa shape index (κ1) is 13.3. The summed E-state index contributed by atoms with van der Waals surface area (Å²) < 4.78 is 10.5. The zero-order chi connectivity index (χ0) is 14.7. The van der Waals surface area contributed by atoms with Crippen LogP contribution < -0.4 is 4.74 Å². The molecule has 106 valence electrons. The fraction of sp³-hybridized carbons (Fsp3) is 0.0769. The molecule has 3 heterocycles. The van der Waals surface area contributed by atoms with Crippen molar-refractivity contribution in [1.82, 2.24) is 15.1 Å². The summed E-state index contributed by atoms with van der Waals surface area (Å²) in [5.74, 6) is 0.0632. The molecule has 8 heteroatoms. The molecule has 0 atom stereocenters. The molecule has 0 spiro atoms. The van der Waals surface area contributed by atoms with Gasteiger partial charge in [0, 0.05) is 11.6 Å². The number of carbonyl (C=O) groups is 1. The average molecular weight is 303 g/mol. The van der Waals surface area contributed by atoms with Gasteiger partial charge >= 0.3 is 5.97 Å². The molecule has 0 radical (unpaired) electrons. The summed E-state index contributed by atoms with van der Waals surface area (Å²) in [6.45, 7) is 0.0678. The number of thiophene rings is 1. The molecule has 0 fully saturated rings. The number of aromatic carboxylic acids is 1. The average Bonchev–Trinajstić information content (AvgIpc) is 3.16. The molecule has 0 aliphatic rings. The maximum Gasteiger partial charge on any atom is 0.337 e. The topological polar surface area (TPSA) is 98.3 Å². The second-order valence-electron chi connectivity index (χ2n) is 4.03. The monoisotopic (exact) mass is 303 g/mol. The van der Waals surface area contributed by atoms with E-state index in [1.165, 1.54) is 29.8 Å². The first-order chi connectivity index (χ1) is 10.2. The summed E-state index contributed by atoms with van der Waals surface area (Å²) in [5, 5.41) is 16.5. The van der Waals surface area contributed by atoms with Gasteiger partial charge in [-0.05, 0) is 17.5 Å². The first-order valence-corrected chi connectivity index (χ1v) is 6.83. The number of aromatic nitrogens is 3. The van der Waals surface area contributed by atoms with Crippen LogP contribution in [0.1, 0.15) is 16.2 Å². The van der Waals surface area contributed by atoms with Crippen LogP contribution in [0.15, 0.2) is 39.8 Å². The maximum atomic E-state index is 10.8. The van der Waals surface area contributed by atoms with Crippen LogP contribution in [0.2, 0.25) is 0 Å². The van der Waals surface area contributed by atoms with E-state index in [0.717, 1.165) is 5.56 Å². The highest BCUT2D eigenvalue weighted by atomic mass is 32.1. The minimum atomic E-state index is -1.06. The van der Waals surface area contributed by atoms with Crippen molar-refractivity contribution in [3.63, 3.8) is 0 Å². The van der Waals surface area contributed by atoms with Crippen LogP contribution in [-0.2, 0) is 6.61 Å². The van der Waals surface area contributed by atoms with Crippen molar-refractivity contribution in [3.05, 3.63) is 46.7 Å². The minimum absolute atomic E-state index is 0.0552. The van der Waals surface area contributed by atoms with Gasteiger partial charge in [-0.25, -0.2) is 4.79 Å². The van der Waals surface area contributed by atoms with Crippen molar-refractivity contribution in [2.24, 2.45) is 0 Å². The normalized spacial score (nSPS) is 10.5. The van der Waals surface area contributed by atoms with Crippen LogP contribution in [0.5, 0.6) is 5.75 Å². The van der Waals surface area contributed by atoms with Crippen LogP contribution in [0.25, 0.3) is 11.5 Å². The van der Waals surface area contributed by atoms with Gasteiger partial charge in [0.1, 0.15) is 5.75 Å². The molecule has 3 rings (SSSR count). The Bertz CT molecular complexity index is 754. The summed E-state index contributed by atoms with van der Waals surface area (Å²) in [7, 11) is 0. The van der Waals surface area contributed by atoms with Crippen LogP contribution >= 0.6 is 11.3 Å².